The lowest BCUT2D eigenvalue weighted by Gasteiger charge is -2.09. The number of aryl methyl sites for hydroxylation is 1. The van der Waals surface area contributed by atoms with Crippen LogP contribution in [0.4, 0.5) is 14.6 Å². The topological polar surface area (TPSA) is 77.8 Å². The van der Waals surface area contributed by atoms with Gasteiger partial charge in [-0.15, -0.1) is 0 Å². The molecule has 7 nitrogen and oxygen atoms in total. The number of hydrogen-bond donors (Lipinski definition) is 1. The average Bonchev–Trinajstić information content (AvgIpc) is 3.16. The lowest BCUT2D eigenvalue weighted by atomic mass is 10.2. The molecule has 0 radical (unpaired) electrons. The van der Waals surface area contributed by atoms with Crippen molar-refractivity contribution in [3.63, 3.8) is 0 Å². The van der Waals surface area contributed by atoms with Crippen molar-refractivity contribution in [2.75, 3.05) is 25.1 Å². The molecule has 3 heterocycles. The first-order valence-corrected chi connectivity index (χ1v) is 10.5. The number of rotatable bonds is 9. The van der Waals surface area contributed by atoms with E-state index >= 15 is 0 Å². The molecule has 9 heteroatoms. The molecule has 0 atom stereocenters. The van der Waals surface area contributed by atoms with Gasteiger partial charge in [0.05, 0.1) is 17.6 Å². The Labute approximate surface area is 184 Å². The molecule has 0 saturated carbocycles. The molecule has 166 valence electrons. The average molecular weight is 438 g/mol. The fourth-order valence-electron chi connectivity index (χ4n) is 3.38. The molecule has 32 heavy (non-hydrogen) atoms. The van der Waals surface area contributed by atoms with E-state index in [2.05, 4.69) is 25.4 Å². The maximum Gasteiger partial charge on any atom is 0.186 e. The monoisotopic (exact) mass is 438 g/mol. The molecule has 0 spiro atoms. The Morgan fingerprint density at radius 1 is 1.09 bits per heavy atom. The van der Waals surface area contributed by atoms with Gasteiger partial charge >= 0.3 is 0 Å². The quantitative estimate of drug-likeness (QED) is 0.391. The van der Waals surface area contributed by atoms with E-state index < -0.39 is 5.82 Å². The summed E-state index contributed by atoms with van der Waals surface area (Å²) in [4.78, 5) is 13.1. The van der Waals surface area contributed by atoms with Crippen LogP contribution in [0, 0.1) is 18.6 Å². The summed E-state index contributed by atoms with van der Waals surface area (Å²) in [7, 11) is 0. The van der Waals surface area contributed by atoms with Crippen molar-refractivity contribution < 1.29 is 13.5 Å². The van der Waals surface area contributed by atoms with Crippen LogP contribution in [0.15, 0.2) is 42.6 Å². The van der Waals surface area contributed by atoms with E-state index in [0.717, 1.165) is 6.42 Å². The zero-order chi connectivity index (χ0) is 22.5. The number of anilines is 1. The van der Waals surface area contributed by atoms with E-state index in [9.17, 15) is 8.78 Å². The lowest BCUT2D eigenvalue weighted by molar-refractivity contribution is 0.147. The standard InChI is InChI=1S/C23H24F2N6O/c1-3-32-13-7-12-26-21-19(25)15(2)28-22(29-21)20-17-9-6-11-27-23(17)31(30-20)14-16-8-4-5-10-18(16)24/h4-6,8-11H,3,7,12-14H2,1-2H3,(H,26,28,29). The molecule has 3 aromatic heterocycles. The Hall–Kier alpha value is -3.46. The van der Waals surface area contributed by atoms with Crippen molar-refractivity contribution in [3.05, 3.63) is 65.5 Å². The summed E-state index contributed by atoms with van der Waals surface area (Å²) in [5.41, 5.74) is 1.73. The number of ether oxygens (including phenoxy) is 1. The first-order chi connectivity index (χ1) is 15.6. The van der Waals surface area contributed by atoms with Gasteiger partial charge in [-0.05, 0) is 38.5 Å². The van der Waals surface area contributed by atoms with Crippen LogP contribution in [0.1, 0.15) is 24.6 Å². The van der Waals surface area contributed by atoms with E-state index in [4.69, 9.17) is 4.74 Å². The molecule has 0 unspecified atom stereocenters. The Bertz CT molecular complexity index is 1230. The fraction of sp³-hybridized carbons (Fsp3) is 0.304. The van der Waals surface area contributed by atoms with E-state index in [0.29, 0.717) is 42.0 Å². The Morgan fingerprint density at radius 3 is 2.75 bits per heavy atom. The molecular formula is C23H24F2N6O. The van der Waals surface area contributed by atoms with Crippen molar-refractivity contribution in [1.29, 1.82) is 0 Å². The highest BCUT2D eigenvalue weighted by Crippen LogP contribution is 2.27. The van der Waals surface area contributed by atoms with Crippen LogP contribution in [-0.4, -0.2) is 44.5 Å². The minimum absolute atomic E-state index is 0.115. The van der Waals surface area contributed by atoms with Crippen molar-refractivity contribution in [3.8, 4) is 11.5 Å². The Balaban J connectivity index is 1.70. The molecule has 0 saturated heterocycles. The van der Waals surface area contributed by atoms with Gasteiger partial charge < -0.3 is 10.1 Å². The summed E-state index contributed by atoms with van der Waals surface area (Å²) in [6.45, 7) is 5.45. The molecule has 1 aromatic carbocycles. The van der Waals surface area contributed by atoms with E-state index in [1.165, 1.54) is 6.07 Å². The van der Waals surface area contributed by atoms with Gasteiger partial charge in [0, 0.05) is 31.5 Å². The number of hydrogen-bond acceptors (Lipinski definition) is 6. The number of nitrogens with one attached hydrogen (secondary N) is 1. The molecule has 0 amide bonds. The summed E-state index contributed by atoms with van der Waals surface area (Å²) in [5.74, 6) is -0.425. The number of benzene rings is 1. The second kappa shape index (κ2) is 9.78. The van der Waals surface area contributed by atoms with E-state index in [-0.39, 0.29) is 29.7 Å². The number of halogens is 2. The molecule has 0 bridgehead atoms. The number of fused-ring (bicyclic) bond motifs is 1. The second-order valence-electron chi connectivity index (χ2n) is 7.24. The molecular weight excluding hydrogens is 414 g/mol. The third-order valence-electron chi connectivity index (χ3n) is 4.98. The highest BCUT2D eigenvalue weighted by molar-refractivity contribution is 5.89. The number of aromatic nitrogens is 5. The van der Waals surface area contributed by atoms with E-state index in [1.54, 1.807) is 42.1 Å². The molecule has 0 aliphatic heterocycles. The zero-order valence-corrected chi connectivity index (χ0v) is 18.0. The maximum atomic E-state index is 14.6. The van der Waals surface area contributed by atoms with Crippen LogP contribution in [0.25, 0.3) is 22.6 Å². The largest absolute Gasteiger partial charge is 0.382 e. The minimum Gasteiger partial charge on any atom is -0.382 e. The van der Waals surface area contributed by atoms with Gasteiger partial charge in [0.2, 0.25) is 0 Å². The molecule has 0 aliphatic carbocycles. The van der Waals surface area contributed by atoms with Crippen LogP contribution in [-0.2, 0) is 11.3 Å². The van der Waals surface area contributed by atoms with Crippen molar-refractivity contribution in [2.45, 2.75) is 26.8 Å². The third kappa shape index (κ3) is 4.57. The van der Waals surface area contributed by atoms with E-state index in [1.807, 2.05) is 13.0 Å². The van der Waals surface area contributed by atoms with Gasteiger partial charge in [-0.3, -0.25) is 0 Å². The second-order valence-corrected chi connectivity index (χ2v) is 7.24. The predicted molar refractivity (Wildman–Crippen MR) is 118 cm³/mol. The van der Waals surface area contributed by atoms with Gasteiger partial charge in [0.15, 0.2) is 23.1 Å². The first-order valence-electron chi connectivity index (χ1n) is 10.5. The van der Waals surface area contributed by atoms with Gasteiger partial charge in [-0.1, -0.05) is 18.2 Å². The first kappa shape index (κ1) is 21.8. The SMILES string of the molecule is CCOCCCNc1nc(-c2nn(Cc3ccccc3F)c3ncccc23)nc(C)c1F. The summed E-state index contributed by atoms with van der Waals surface area (Å²) in [6, 6.07) is 10.2. The van der Waals surface area contributed by atoms with Crippen LogP contribution in [0.5, 0.6) is 0 Å². The lowest BCUT2D eigenvalue weighted by Crippen LogP contribution is -2.11. The van der Waals surface area contributed by atoms with Crippen LogP contribution >= 0.6 is 0 Å². The van der Waals surface area contributed by atoms with Gasteiger partial charge in [-0.2, -0.15) is 5.10 Å². The smallest absolute Gasteiger partial charge is 0.186 e. The highest BCUT2D eigenvalue weighted by atomic mass is 19.1. The van der Waals surface area contributed by atoms with Crippen LogP contribution in [0.2, 0.25) is 0 Å². The van der Waals surface area contributed by atoms with Crippen LogP contribution < -0.4 is 5.32 Å². The van der Waals surface area contributed by atoms with Crippen molar-refractivity contribution >= 4 is 16.9 Å². The molecule has 4 aromatic rings. The summed E-state index contributed by atoms with van der Waals surface area (Å²) >= 11 is 0. The van der Waals surface area contributed by atoms with Crippen LogP contribution in [0.3, 0.4) is 0 Å². The summed E-state index contributed by atoms with van der Waals surface area (Å²) in [6.07, 6.45) is 2.36. The summed E-state index contributed by atoms with van der Waals surface area (Å²) in [5, 5.41) is 8.35. The maximum absolute atomic E-state index is 14.6. The zero-order valence-electron chi connectivity index (χ0n) is 18.0. The number of nitrogens with zero attached hydrogens (tertiary/aromatic N) is 5. The van der Waals surface area contributed by atoms with Crippen molar-refractivity contribution in [1.82, 2.24) is 24.7 Å². The molecule has 0 aliphatic rings. The Kier molecular flexibility index (Phi) is 6.65. The van der Waals surface area contributed by atoms with Gasteiger partial charge in [0.25, 0.3) is 0 Å². The summed E-state index contributed by atoms with van der Waals surface area (Å²) < 4.78 is 35.8. The predicted octanol–water partition coefficient (Wildman–Crippen LogP) is 4.36. The highest BCUT2D eigenvalue weighted by Gasteiger charge is 2.19. The molecule has 4 rings (SSSR count). The normalized spacial score (nSPS) is 11.2. The minimum atomic E-state index is -0.502. The Morgan fingerprint density at radius 2 is 1.94 bits per heavy atom. The molecule has 0 fully saturated rings. The van der Waals surface area contributed by atoms with Gasteiger partial charge in [-0.25, -0.2) is 28.4 Å². The third-order valence-corrected chi connectivity index (χ3v) is 4.98. The van der Waals surface area contributed by atoms with Crippen molar-refractivity contribution in [2.24, 2.45) is 0 Å². The fourth-order valence-corrected chi connectivity index (χ4v) is 3.38. The molecule has 1 N–H and O–H groups in total. The number of pyridine rings is 1. The van der Waals surface area contributed by atoms with Gasteiger partial charge in [0.1, 0.15) is 11.5 Å².